The fourth-order valence-corrected chi connectivity index (χ4v) is 2.87. The van der Waals surface area contributed by atoms with E-state index in [0.717, 1.165) is 30.3 Å². The van der Waals surface area contributed by atoms with Gasteiger partial charge in [-0.05, 0) is 36.6 Å². The molecule has 1 saturated carbocycles. The highest BCUT2D eigenvalue weighted by molar-refractivity contribution is 6.32. The van der Waals surface area contributed by atoms with Gasteiger partial charge in [-0.1, -0.05) is 30.9 Å². The van der Waals surface area contributed by atoms with Crippen molar-refractivity contribution in [2.45, 2.75) is 32.2 Å². The second kappa shape index (κ2) is 6.02. The average molecular weight is 282 g/mol. The zero-order valence-corrected chi connectivity index (χ0v) is 11.8. The van der Waals surface area contributed by atoms with Gasteiger partial charge in [0.1, 0.15) is 13.2 Å². The van der Waals surface area contributed by atoms with E-state index in [1.807, 2.05) is 12.1 Å². The molecule has 1 aliphatic heterocycles. The SMILES string of the molecule is Clc1cc(CNCCC2CCC2)cc2c1OCCO2. The second-order valence-electron chi connectivity index (χ2n) is 5.36. The summed E-state index contributed by atoms with van der Waals surface area (Å²) in [6.07, 6.45) is 5.54. The highest BCUT2D eigenvalue weighted by Crippen LogP contribution is 2.38. The second-order valence-corrected chi connectivity index (χ2v) is 5.77. The predicted molar refractivity (Wildman–Crippen MR) is 76.1 cm³/mol. The molecule has 0 saturated heterocycles. The molecule has 0 unspecified atom stereocenters. The quantitative estimate of drug-likeness (QED) is 0.839. The van der Waals surface area contributed by atoms with Gasteiger partial charge in [0.15, 0.2) is 11.5 Å². The van der Waals surface area contributed by atoms with Crippen LogP contribution in [0.5, 0.6) is 11.5 Å². The van der Waals surface area contributed by atoms with Crippen LogP contribution in [0.4, 0.5) is 0 Å². The Labute approximate surface area is 119 Å². The lowest BCUT2D eigenvalue weighted by molar-refractivity contribution is 0.171. The van der Waals surface area contributed by atoms with Gasteiger partial charge in [0.2, 0.25) is 0 Å². The Kier molecular flexibility index (Phi) is 4.14. The first-order chi connectivity index (χ1) is 9.33. The van der Waals surface area contributed by atoms with Gasteiger partial charge in [0.05, 0.1) is 5.02 Å². The Morgan fingerprint density at radius 2 is 2.05 bits per heavy atom. The largest absolute Gasteiger partial charge is 0.486 e. The lowest BCUT2D eigenvalue weighted by atomic mass is 9.83. The highest BCUT2D eigenvalue weighted by Gasteiger charge is 2.17. The number of hydrogen-bond donors (Lipinski definition) is 1. The van der Waals surface area contributed by atoms with Crippen molar-refractivity contribution in [3.05, 3.63) is 22.7 Å². The maximum absolute atomic E-state index is 6.21. The molecule has 0 spiro atoms. The van der Waals surface area contributed by atoms with Crippen LogP contribution in [0.15, 0.2) is 12.1 Å². The Bertz CT molecular complexity index is 446. The highest BCUT2D eigenvalue weighted by atomic mass is 35.5. The van der Waals surface area contributed by atoms with Gasteiger partial charge in [-0.25, -0.2) is 0 Å². The molecule has 1 aromatic rings. The molecule has 3 rings (SSSR count). The van der Waals surface area contributed by atoms with Crippen LogP contribution < -0.4 is 14.8 Å². The lowest BCUT2D eigenvalue weighted by Gasteiger charge is -2.25. The molecule has 1 fully saturated rings. The van der Waals surface area contributed by atoms with Crippen molar-refractivity contribution in [2.75, 3.05) is 19.8 Å². The summed E-state index contributed by atoms with van der Waals surface area (Å²) in [4.78, 5) is 0. The summed E-state index contributed by atoms with van der Waals surface area (Å²) in [5.74, 6) is 2.41. The lowest BCUT2D eigenvalue weighted by Crippen LogP contribution is -2.21. The average Bonchev–Trinajstić information content (AvgIpc) is 2.36. The van der Waals surface area contributed by atoms with Crippen LogP contribution in [0, 0.1) is 5.92 Å². The molecule has 0 amide bonds. The summed E-state index contributed by atoms with van der Waals surface area (Å²) in [6.45, 7) is 3.09. The van der Waals surface area contributed by atoms with Crippen LogP contribution in [0.25, 0.3) is 0 Å². The van der Waals surface area contributed by atoms with Gasteiger partial charge in [0, 0.05) is 6.54 Å². The topological polar surface area (TPSA) is 30.5 Å². The van der Waals surface area contributed by atoms with E-state index in [4.69, 9.17) is 21.1 Å². The molecule has 0 bridgehead atoms. The zero-order valence-electron chi connectivity index (χ0n) is 11.1. The third-order valence-corrected chi connectivity index (χ3v) is 4.22. The molecule has 4 heteroatoms. The minimum absolute atomic E-state index is 0.575. The van der Waals surface area contributed by atoms with Gasteiger partial charge < -0.3 is 14.8 Å². The number of rotatable bonds is 5. The molecular weight excluding hydrogens is 262 g/mol. The molecule has 1 aromatic carbocycles. The molecule has 19 heavy (non-hydrogen) atoms. The minimum atomic E-state index is 0.575. The summed E-state index contributed by atoms with van der Waals surface area (Å²) in [7, 11) is 0. The number of halogens is 1. The van der Waals surface area contributed by atoms with Gasteiger partial charge >= 0.3 is 0 Å². The molecule has 0 atom stereocenters. The van der Waals surface area contributed by atoms with Crippen molar-refractivity contribution in [3.8, 4) is 11.5 Å². The smallest absolute Gasteiger partial charge is 0.179 e. The van der Waals surface area contributed by atoms with E-state index in [-0.39, 0.29) is 0 Å². The van der Waals surface area contributed by atoms with Crippen LogP contribution in [0.3, 0.4) is 0 Å². The van der Waals surface area contributed by atoms with E-state index in [1.165, 1.54) is 25.7 Å². The first-order valence-corrected chi connectivity index (χ1v) is 7.49. The summed E-state index contributed by atoms with van der Waals surface area (Å²) >= 11 is 6.21. The van der Waals surface area contributed by atoms with Crippen molar-refractivity contribution < 1.29 is 9.47 Å². The molecule has 1 aliphatic carbocycles. The van der Waals surface area contributed by atoms with Crippen molar-refractivity contribution in [1.29, 1.82) is 0 Å². The Hall–Kier alpha value is -0.930. The monoisotopic (exact) mass is 281 g/mol. The first kappa shape index (κ1) is 13.1. The molecule has 1 heterocycles. The Morgan fingerprint density at radius 3 is 2.84 bits per heavy atom. The summed E-state index contributed by atoms with van der Waals surface area (Å²) in [6, 6.07) is 3.99. The van der Waals surface area contributed by atoms with Crippen LogP contribution >= 0.6 is 11.6 Å². The fourth-order valence-electron chi connectivity index (χ4n) is 2.59. The third-order valence-electron chi connectivity index (χ3n) is 3.94. The van der Waals surface area contributed by atoms with Gasteiger partial charge in [-0.15, -0.1) is 0 Å². The van der Waals surface area contributed by atoms with Crippen LogP contribution in [0.2, 0.25) is 5.02 Å². The number of ether oxygens (including phenoxy) is 2. The summed E-state index contributed by atoms with van der Waals surface area (Å²) in [5.41, 5.74) is 1.16. The number of fused-ring (bicyclic) bond motifs is 1. The molecule has 0 radical (unpaired) electrons. The van der Waals surface area contributed by atoms with Crippen LogP contribution in [-0.4, -0.2) is 19.8 Å². The molecule has 104 valence electrons. The summed E-state index contributed by atoms with van der Waals surface area (Å²) < 4.78 is 11.1. The van der Waals surface area contributed by atoms with Gasteiger partial charge in [-0.2, -0.15) is 0 Å². The van der Waals surface area contributed by atoms with Crippen molar-refractivity contribution in [3.63, 3.8) is 0 Å². The van der Waals surface area contributed by atoms with Crippen molar-refractivity contribution in [2.24, 2.45) is 5.92 Å². The Morgan fingerprint density at radius 1 is 1.21 bits per heavy atom. The Balaban J connectivity index is 1.53. The molecule has 1 N–H and O–H groups in total. The van der Waals surface area contributed by atoms with Crippen LogP contribution in [-0.2, 0) is 6.54 Å². The van der Waals surface area contributed by atoms with Gasteiger partial charge in [0.25, 0.3) is 0 Å². The van der Waals surface area contributed by atoms with E-state index < -0.39 is 0 Å². The molecule has 0 aromatic heterocycles. The zero-order chi connectivity index (χ0) is 13.1. The predicted octanol–water partition coefficient (Wildman–Crippen LogP) is 3.39. The van der Waals surface area contributed by atoms with Crippen molar-refractivity contribution >= 4 is 11.6 Å². The van der Waals surface area contributed by atoms with E-state index in [0.29, 0.717) is 24.0 Å². The minimum Gasteiger partial charge on any atom is -0.486 e. The van der Waals surface area contributed by atoms with E-state index in [1.54, 1.807) is 0 Å². The normalized spacial score (nSPS) is 18.2. The van der Waals surface area contributed by atoms with E-state index in [9.17, 15) is 0 Å². The molecular formula is C15H20ClNO2. The number of benzene rings is 1. The number of hydrogen-bond acceptors (Lipinski definition) is 3. The standard InChI is InChI=1S/C15H20ClNO2/c16-13-8-12(9-14-15(13)19-7-6-18-14)10-17-5-4-11-2-1-3-11/h8-9,11,17H,1-7,10H2. The van der Waals surface area contributed by atoms with E-state index in [2.05, 4.69) is 5.32 Å². The fraction of sp³-hybridized carbons (Fsp3) is 0.600. The third kappa shape index (κ3) is 3.15. The maximum atomic E-state index is 6.21. The summed E-state index contributed by atoms with van der Waals surface area (Å²) in [5, 5.41) is 4.13. The van der Waals surface area contributed by atoms with E-state index >= 15 is 0 Å². The maximum Gasteiger partial charge on any atom is 0.179 e. The number of nitrogens with one attached hydrogen (secondary N) is 1. The van der Waals surface area contributed by atoms with Crippen molar-refractivity contribution in [1.82, 2.24) is 5.32 Å². The molecule has 2 aliphatic rings. The van der Waals surface area contributed by atoms with Gasteiger partial charge in [-0.3, -0.25) is 0 Å². The van der Waals surface area contributed by atoms with Crippen LogP contribution in [0.1, 0.15) is 31.2 Å². The molecule has 3 nitrogen and oxygen atoms in total. The first-order valence-electron chi connectivity index (χ1n) is 7.11.